The van der Waals surface area contributed by atoms with Crippen molar-refractivity contribution in [3.05, 3.63) is 90.4 Å². The number of carbonyl (C=O) groups is 1. The summed E-state index contributed by atoms with van der Waals surface area (Å²) in [6.07, 6.45) is 7.57. The third-order valence-electron chi connectivity index (χ3n) is 5.95. The Kier molecular flexibility index (Phi) is 6.60. The minimum Gasteiger partial charge on any atom is -0.336 e. The average Bonchev–Trinajstić information content (AvgIpc) is 3.43. The number of carbonyl (C=O) groups excluding carboxylic acids is 1. The van der Waals surface area contributed by atoms with Crippen molar-refractivity contribution in [2.24, 2.45) is 5.41 Å². The number of rotatable bonds is 8. The van der Waals surface area contributed by atoms with Gasteiger partial charge in [0, 0.05) is 51.3 Å². The van der Waals surface area contributed by atoms with Crippen LogP contribution in [0.3, 0.4) is 0 Å². The van der Waals surface area contributed by atoms with Crippen molar-refractivity contribution in [3.8, 4) is 0 Å². The molecule has 4 aromatic rings. The van der Waals surface area contributed by atoms with Gasteiger partial charge in [0.2, 0.25) is 0 Å². The summed E-state index contributed by atoms with van der Waals surface area (Å²) in [6.45, 7) is 8.51. The lowest BCUT2D eigenvalue weighted by atomic mass is 9.86. The molecule has 4 rings (SSSR count). The second-order valence-electron chi connectivity index (χ2n) is 9.54. The van der Waals surface area contributed by atoms with Gasteiger partial charge >= 0.3 is 0 Å². The Morgan fingerprint density at radius 2 is 1.85 bits per heavy atom. The van der Waals surface area contributed by atoms with Crippen LogP contribution < -0.4 is 5.32 Å². The Labute approximate surface area is 195 Å². The van der Waals surface area contributed by atoms with E-state index in [9.17, 15) is 4.79 Å². The zero-order chi connectivity index (χ0) is 23.4. The molecule has 1 N–H and O–H groups in total. The Bertz CT molecular complexity index is 1190. The summed E-state index contributed by atoms with van der Waals surface area (Å²) in [5.74, 6) is -0.0822. The highest BCUT2D eigenvalue weighted by Gasteiger charge is 2.27. The van der Waals surface area contributed by atoms with Crippen molar-refractivity contribution in [2.45, 2.75) is 46.4 Å². The van der Waals surface area contributed by atoms with E-state index >= 15 is 0 Å². The first kappa shape index (κ1) is 22.7. The summed E-state index contributed by atoms with van der Waals surface area (Å²) in [7, 11) is 1.83. The minimum absolute atomic E-state index is 0.0129. The molecule has 3 aromatic heterocycles. The second-order valence-corrected chi connectivity index (χ2v) is 9.54. The summed E-state index contributed by atoms with van der Waals surface area (Å²) < 4.78 is 4.09. The molecule has 0 bridgehead atoms. The molecule has 0 saturated carbocycles. The first-order valence-electron chi connectivity index (χ1n) is 11.3. The number of pyridine rings is 1. The van der Waals surface area contributed by atoms with Crippen molar-refractivity contribution in [2.75, 3.05) is 7.05 Å². The van der Waals surface area contributed by atoms with E-state index in [1.807, 2.05) is 78.7 Å². The van der Waals surface area contributed by atoms with Crippen LogP contribution in [0.1, 0.15) is 42.5 Å². The van der Waals surface area contributed by atoms with Gasteiger partial charge in [-0.05, 0) is 23.1 Å². The normalized spacial score (nSPS) is 12.7. The van der Waals surface area contributed by atoms with Gasteiger partial charge in [-0.1, -0.05) is 57.2 Å². The van der Waals surface area contributed by atoms with Gasteiger partial charge in [-0.3, -0.25) is 4.79 Å². The van der Waals surface area contributed by atoms with E-state index in [1.54, 1.807) is 11.1 Å². The number of fused-ring (bicyclic) bond motifs is 1. The molecule has 7 nitrogen and oxygen atoms in total. The quantitative estimate of drug-likeness (QED) is 0.446. The fourth-order valence-electron chi connectivity index (χ4n) is 3.97. The molecule has 7 heteroatoms. The van der Waals surface area contributed by atoms with Gasteiger partial charge in [-0.15, -0.1) is 0 Å². The highest BCUT2D eigenvalue weighted by Crippen LogP contribution is 2.22. The van der Waals surface area contributed by atoms with Crippen LogP contribution in [0.15, 0.2) is 73.4 Å². The van der Waals surface area contributed by atoms with Crippen LogP contribution in [0.25, 0.3) is 5.65 Å². The average molecular weight is 445 g/mol. The third-order valence-corrected chi connectivity index (χ3v) is 5.95. The molecule has 0 saturated heterocycles. The van der Waals surface area contributed by atoms with Gasteiger partial charge in [-0.25, -0.2) is 9.97 Å². The Morgan fingerprint density at radius 1 is 1.09 bits per heavy atom. The van der Waals surface area contributed by atoms with E-state index in [-0.39, 0.29) is 17.4 Å². The van der Waals surface area contributed by atoms with E-state index in [4.69, 9.17) is 4.98 Å². The van der Waals surface area contributed by atoms with Gasteiger partial charge in [0.15, 0.2) is 5.69 Å². The van der Waals surface area contributed by atoms with Crippen molar-refractivity contribution in [1.82, 2.24) is 29.2 Å². The molecule has 1 amide bonds. The highest BCUT2D eigenvalue weighted by molar-refractivity contribution is 5.94. The van der Waals surface area contributed by atoms with Gasteiger partial charge < -0.3 is 19.2 Å². The standard InChI is InChI=1S/C26H32N6O/c1-26(2,3)22(18-31-15-13-27-19-31)28-16-21-24(29-23-12-8-9-14-32(21)23)25(33)30(4)17-20-10-6-5-7-11-20/h5-15,19,22,28H,16-18H2,1-4H3/t22-/m1/s1. The number of hydrogen-bond acceptors (Lipinski definition) is 4. The van der Waals surface area contributed by atoms with Crippen LogP contribution >= 0.6 is 0 Å². The molecule has 0 aliphatic rings. The van der Waals surface area contributed by atoms with Gasteiger partial charge in [0.1, 0.15) is 5.65 Å². The molecule has 33 heavy (non-hydrogen) atoms. The fourth-order valence-corrected chi connectivity index (χ4v) is 3.97. The maximum Gasteiger partial charge on any atom is 0.274 e. The van der Waals surface area contributed by atoms with Crippen LogP contribution in [0.5, 0.6) is 0 Å². The van der Waals surface area contributed by atoms with Gasteiger partial charge in [-0.2, -0.15) is 0 Å². The molecule has 172 valence electrons. The summed E-state index contributed by atoms with van der Waals surface area (Å²) in [5.41, 5.74) is 3.23. The SMILES string of the molecule is CN(Cc1ccccc1)C(=O)c1nc2ccccn2c1CN[C@H](Cn1ccnc1)C(C)(C)C. The van der Waals surface area contributed by atoms with E-state index in [1.165, 1.54) is 0 Å². The lowest BCUT2D eigenvalue weighted by Crippen LogP contribution is -2.43. The first-order valence-corrected chi connectivity index (χ1v) is 11.3. The smallest absolute Gasteiger partial charge is 0.274 e. The van der Waals surface area contributed by atoms with Gasteiger partial charge in [0.05, 0.1) is 12.0 Å². The topological polar surface area (TPSA) is 67.5 Å². The zero-order valence-electron chi connectivity index (χ0n) is 19.8. The third kappa shape index (κ3) is 5.31. The molecule has 0 aliphatic heterocycles. The molecular formula is C26H32N6O. The van der Waals surface area contributed by atoms with E-state index in [2.05, 4.69) is 35.6 Å². The molecule has 3 heterocycles. The van der Waals surface area contributed by atoms with Crippen molar-refractivity contribution in [3.63, 3.8) is 0 Å². The number of amides is 1. The zero-order valence-corrected chi connectivity index (χ0v) is 19.8. The van der Waals surface area contributed by atoms with E-state index in [0.29, 0.717) is 18.8 Å². The molecule has 0 unspecified atom stereocenters. The minimum atomic E-state index is -0.0822. The fraction of sp³-hybridized carbons (Fsp3) is 0.346. The summed E-state index contributed by atoms with van der Waals surface area (Å²) in [4.78, 5) is 24.1. The number of aromatic nitrogens is 4. The molecular weight excluding hydrogens is 412 g/mol. The molecule has 0 radical (unpaired) electrons. The Morgan fingerprint density at radius 3 is 2.55 bits per heavy atom. The molecule has 0 fully saturated rings. The first-order chi connectivity index (χ1) is 15.8. The monoisotopic (exact) mass is 444 g/mol. The van der Waals surface area contributed by atoms with Crippen LogP contribution in [0.2, 0.25) is 0 Å². The lowest BCUT2D eigenvalue weighted by molar-refractivity contribution is 0.0778. The summed E-state index contributed by atoms with van der Waals surface area (Å²) in [6, 6.07) is 16.0. The number of hydrogen-bond donors (Lipinski definition) is 1. The molecule has 0 spiro atoms. The summed E-state index contributed by atoms with van der Waals surface area (Å²) in [5, 5.41) is 3.70. The number of imidazole rings is 2. The molecule has 1 aromatic carbocycles. The van der Waals surface area contributed by atoms with Crippen LogP contribution in [-0.2, 0) is 19.6 Å². The lowest BCUT2D eigenvalue weighted by Gasteiger charge is -2.32. The van der Waals surface area contributed by atoms with E-state index in [0.717, 1.165) is 23.4 Å². The highest BCUT2D eigenvalue weighted by atomic mass is 16.2. The Balaban J connectivity index is 1.60. The maximum atomic E-state index is 13.4. The van der Waals surface area contributed by atoms with Crippen LogP contribution in [-0.4, -0.2) is 42.8 Å². The maximum absolute atomic E-state index is 13.4. The number of nitrogens with zero attached hydrogens (tertiary/aromatic N) is 5. The number of nitrogens with one attached hydrogen (secondary N) is 1. The predicted octanol–water partition coefficient (Wildman–Crippen LogP) is 4.01. The Hall–Kier alpha value is -3.45. The second kappa shape index (κ2) is 9.58. The predicted molar refractivity (Wildman–Crippen MR) is 130 cm³/mol. The van der Waals surface area contributed by atoms with Gasteiger partial charge in [0.25, 0.3) is 5.91 Å². The van der Waals surface area contributed by atoms with Crippen LogP contribution in [0, 0.1) is 5.41 Å². The van der Waals surface area contributed by atoms with Crippen molar-refractivity contribution < 1.29 is 4.79 Å². The van der Waals surface area contributed by atoms with Crippen molar-refractivity contribution >= 4 is 11.6 Å². The largest absolute Gasteiger partial charge is 0.336 e. The number of benzene rings is 1. The molecule has 0 aliphatic carbocycles. The molecule has 1 atom stereocenters. The summed E-state index contributed by atoms with van der Waals surface area (Å²) >= 11 is 0. The van der Waals surface area contributed by atoms with E-state index < -0.39 is 0 Å². The van der Waals surface area contributed by atoms with Crippen LogP contribution in [0.4, 0.5) is 0 Å². The van der Waals surface area contributed by atoms with Crippen molar-refractivity contribution in [1.29, 1.82) is 0 Å².